The number of anilines is 1. The van der Waals surface area contributed by atoms with Gasteiger partial charge in [0.15, 0.2) is 6.61 Å². The summed E-state index contributed by atoms with van der Waals surface area (Å²) in [6.07, 6.45) is -3.36. The Hall–Kier alpha value is -2.10. The van der Waals surface area contributed by atoms with Crippen LogP contribution in [0.1, 0.15) is 12.5 Å². The molecule has 0 saturated carbocycles. The molecular weight excluding hydrogens is 417 g/mol. The predicted octanol–water partition coefficient (Wildman–Crippen LogP) is 3.83. The number of hydrogen-bond acceptors (Lipinski definition) is 6. The number of benzene rings is 1. The van der Waals surface area contributed by atoms with E-state index in [-0.39, 0.29) is 12.0 Å². The summed E-state index contributed by atoms with van der Waals surface area (Å²) in [5.74, 6) is 1.31. The minimum Gasteiger partial charge on any atom is -0.493 e. The van der Waals surface area contributed by atoms with Crippen LogP contribution in [0.2, 0.25) is 0 Å². The van der Waals surface area contributed by atoms with Gasteiger partial charge in [-0.15, -0.1) is 0 Å². The third kappa shape index (κ3) is 7.42. The van der Waals surface area contributed by atoms with Gasteiger partial charge in [-0.05, 0) is 23.6 Å². The predicted molar refractivity (Wildman–Crippen MR) is 93.6 cm³/mol. The van der Waals surface area contributed by atoms with Crippen LogP contribution >= 0.6 is 15.9 Å². The van der Waals surface area contributed by atoms with Gasteiger partial charge in [-0.2, -0.15) is 23.1 Å². The molecule has 0 aliphatic rings. The molecule has 26 heavy (non-hydrogen) atoms. The third-order valence-electron chi connectivity index (χ3n) is 3.09. The lowest BCUT2D eigenvalue weighted by Gasteiger charge is -2.11. The average Bonchev–Trinajstić information content (AvgIpc) is 2.63. The lowest BCUT2D eigenvalue weighted by Crippen LogP contribution is -2.20. The molecule has 10 heteroatoms. The van der Waals surface area contributed by atoms with Crippen molar-refractivity contribution in [2.75, 3.05) is 23.9 Å². The average molecular weight is 435 g/mol. The highest BCUT2D eigenvalue weighted by atomic mass is 79.9. The number of nitrogens with one attached hydrogen (secondary N) is 1. The summed E-state index contributed by atoms with van der Waals surface area (Å²) >= 11 is 3.40. The first-order chi connectivity index (χ1) is 12.4. The van der Waals surface area contributed by atoms with Crippen LogP contribution in [0.25, 0.3) is 0 Å². The molecule has 1 N–H and O–H groups in total. The number of aromatic nitrogens is 3. The third-order valence-corrected chi connectivity index (χ3v) is 4.19. The van der Waals surface area contributed by atoms with Gasteiger partial charge in [0.05, 0.1) is 6.61 Å². The Labute approximate surface area is 157 Å². The van der Waals surface area contributed by atoms with Gasteiger partial charge in [0.1, 0.15) is 12.1 Å². The smallest absolute Gasteiger partial charge is 0.422 e. The Morgan fingerprint density at radius 1 is 1.15 bits per heavy atom. The van der Waals surface area contributed by atoms with E-state index in [2.05, 4.69) is 47.9 Å². The minimum absolute atomic E-state index is 0.128. The van der Waals surface area contributed by atoms with E-state index in [4.69, 9.17) is 4.74 Å². The van der Waals surface area contributed by atoms with Crippen molar-refractivity contribution in [1.29, 1.82) is 0 Å². The summed E-state index contributed by atoms with van der Waals surface area (Å²) in [7, 11) is 0. The molecule has 1 aromatic carbocycles. The summed E-state index contributed by atoms with van der Waals surface area (Å²) in [5, 5.41) is 3.78. The monoisotopic (exact) mass is 434 g/mol. The number of ether oxygens (including phenoxy) is 2. The van der Waals surface area contributed by atoms with E-state index in [1.807, 2.05) is 24.3 Å². The number of rotatable bonds is 9. The second kappa shape index (κ2) is 9.56. The van der Waals surface area contributed by atoms with Crippen molar-refractivity contribution in [2.24, 2.45) is 5.92 Å². The van der Waals surface area contributed by atoms with Crippen LogP contribution in [0.15, 0.2) is 30.6 Å². The Bertz CT molecular complexity index is 686. The zero-order valence-electron chi connectivity index (χ0n) is 14.0. The standard InChI is InChI=1S/C16H18BrF3N4O2/c1-11(6-17)8-25-13-4-2-12(3-5-13)7-21-14-22-10-23-15(24-14)26-9-16(18,19)20/h2-5,10-11H,6-9H2,1H3,(H,21,22,23,24). The van der Waals surface area contributed by atoms with Crippen LogP contribution < -0.4 is 14.8 Å². The van der Waals surface area contributed by atoms with Crippen molar-refractivity contribution in [3.63, 3.8) is 0 Å². The molecular formula is C16H18BrF3N4O2. The molecule has 6 nitrogen and oxygen atoms in total. The van der Waals surface area contributed by atoms with Crippen molar-refractivity contribution in [1.82, 2.24) is 15.0 Å². The van der Waals surface area contributed by atoms with Crippen molar-refractivity contribution in [3.05, 3.63) is 36.2 Å². The molecule has 0 amide bonds. The minimum atomic E-state index is -4.45. The van der Waals surface area contributed by atoms with Crippen LogP contribution in [0.5, 0.6) is 11.8 Å². The zero-order chi connectivity index (χ0) is 19.0. The lowest BCUT2D eigenvalue weighted by atomic mass is 10.2. The van der Waals surface area contributed by atoms with E-state index in [1.54, 1.807) is 0 Å². The van der Waals surface area contributed by atoms with Gasteiger partial charge in [-0.25, -0.2) is 4.98 Å². The van der Waals surface area contributed by atoms with Crippen LogP contribution in [0.3, 0.4) is 0 Å². The van der Waals surface area contributed by atoms with E-state index >= 15 is 0 Å². The van der Waals surface area contributed by atoms with Gasteiger partial charge in [0, 0.05) is 11.9 Å². The van der Waals surface area contributed by atoms with Crippen LogP contribution in [-0.4, -0.2) is 39.7 Å². The van der Waals surface area contributed by atoms with Gasteiger partial charge in [0.2, 0.25) is 5.95 Å². The quantitative estimate of drug-likeness (QED) is 0.604. The molecule has 0 radical (unpaired) electrons. The largest absolute Gasteiger partial charge is 0.493 e. The maximum Gasteiger partial charge on any atom is 0.422 e. The molecule has 1 unspecified atom stereocenters. The Kier molecular flexibility index (Phi) is 7.43. The van der Waals surface area contributed by atoms with Crippen LogP contribution in [-0.2, 0) is 6.54 Å². The number of halogens is 4. The van der Waals surface area contributed by atoms with E-state index in [9.17, 15) is 13.2 Å². The molecule has 2 rings (SSSR count). The normalized spacial score (nSPS) is 12.5. The summed E-state index contributed by atoms with van der Waals surface area (Å²) in [5.41, 5.74) is 0.934. The number of hydrogen-bond donors (Lipinski definition) is 1. The molecule has 0 spiro atoms. The Balaban J connectivity index is 1.84. The number of alkyl halides is 4. The molecule has 142 valence electrons. The molecule has 1 aromatic heterocycles. The van der Waals surface area contributed by atoms with Crippen LogP contribution in [0, 0.1) is 5.92 Å². The Morgan fingerprint density at radius 2 is 1.88 bits per heavy atom. The first-order valence-electron chi connectivity index (χ1n) is 7.76. The molecule has 0 bridgehead atoms. The fourth-order valence-corrected chi connectivity index (χ4v) is 1.94. The van der Waals surface area contributed by atoms with E-state index < -0.39 is 12.8 Å². The van der Waals surface area contributed by atoms with Gasteiger partial charge >= 0.3 is 12.2 Å². The molecule has 0 fully saturated rings. The van der Waals surface area contributed by atoms with Crippen molar-refractivity contribution in [2.45, 2.75) is 19.6 Å². The summed E-state index contributed by atoms with van der Waals surface area (Å²) in [4.78, 5) is 11.2. The molecule has 2 aromatic rings. The fourth-order valence-electron chi connectivity index (χ4n) is 1.75. The lowest BCUT2D eigenvalue weighted by molar-refractivity contribution is -0.154. The van der Waals surface area contributed by atoms with Crippen LogP contribution in [0.4, 0.5) is 19.1 Å². The Morgan fingerprint density at radius 3 is 2.54 bits per heavy atom. The van der Waals surface area contributed by atoms with Crippen molar-refractivity contribution >= 4 is 21.9 Å². The van der Waals surface area contributed by atoms with Gasteiger partial charge in [-0.1, -0.05) is 35.0 Å². The highest BCUT2D eigenvalue weighted by molar-refractivity contribution is 9.09. The van der Waals surface area contributed by atoms with E-state index in [1.165, 1.54) is 0 Å². The van der Waals surface area contributed by atoms with Crippen molar-refractivity contribution < 1.29 is 22.6 Å². The molecule has 0 aliphatic heterocycles. The molecule has 1 heterocycles. The van der Waals surface area contributed by atoms with Gasteiger partial charge in [0.25, 0.3) is 0 Å². The number of nitrogens with zero attached hydrogens (tertiary/aromatic N) is 3. The molecule has 0 saturated heterocycles. The zero-order valence-corrected chi connectivity index (χ0v) is 15.5. The van der Waals surface area contributed by atoms with Gasteiger partial charge in [-0.3, -0.25) is 0 Å². The fraction of sp³-hybridized carbons (Fsp3) is 0.438. The first-order valence-corrected chi connectivity index (χ1v) is 8.88. The van der Waals surface area contributed by atoms with Gasteiger partial charge < -0.3 is 14.8 Å². The second-order valence-electron chi connectivity index (χ2n) is 5.56. The van der Waals surface area contributed by atoms with E-state index in [0.29, 0.717) is 19.1 Å². The highest BCUT2D eigenvalue weighted by Crippen LogP contribution is 2.17. The SMILES string of the molecule is CC(CBr)COc1ccc(CNc2ncnc(OCC(F)(F)F)n2)cc1. The first kappa shape index (κ1) is 20.2. The maximum atomic E-state index is 12.1. The maximum absolute atomic E-state index is 12.1. The second-order valence-corrected chi connectivity index (χ2v) is 6.21. The summed E-state index contributed by atoms with van der Waals surface area (Å²) < 4.78 is 46.6. The van der Waals surface area contributed by atoms with Crippen molar-refractivity contribution in [3.8, 4) is 11.8 Å². The molecule has 1 atom stereocenters. The topological polar surface area (TPSA) is 69.2 Å². The summed E-state index contributed by atoms with van der Waals surface area (Å²) in [6.45, 7) is 1.63. The van der Waals surface area contributed by atoms with E-state index in [0.717, 1.165) is 23.0 Å². The molecule has 0 aliphatic carbocycles. The summed E-state index contributed by atoms with van der Waals surface area (Å²) in [6, 6.07) is 7.07. The highest BCUT2D eigenvalue weighted by Gasteiger charge is 2.29.